The first-order valence-corrected chi connectivity index (χ1v) is 7.63. The van der Waals surface area contributed by atoms with Gasteiger partial charge in [0.25, 0.3) is 0 Å². The van der Waals surface area contributed by atoms with E-state index in [4.69, 9.17) is 4.42 Å². The van der Waals surface area contributed by atoms with Crippen LogP contribution in [0.2, 0.25) is 0 Å². The van der Waals surface area contributed by atoms with Crippen LogP contribution in [0.25, 0.3) is 10.6 Å². The van der Waals surface area contributed by atoms with E-state index in [-0.39, 0.29) is 5.91 Å². The van der Waals surface area contributed by atoms with Crippen LogP contribution in [0.5, 0.6) is 0 Å². The zero-order chi connectivity index (χ0) is 14.7. The average molecular weight is 356 g/mol. The third-order valence-electron chi connectivity index (χ3n) is 2.37. The quantitative estimate of drug-likeness (QED) is 0.895. The summed E-state index contributed by atoms with van der Waals surface area (Å²) in [7, 11) is 0. The molecule has 0 saturated carbocycles. The Morgan fingerprint density at radius 1 is 1.45 bits per heavy atom. The number of rotatable bonds is 4. The summed E-state index contributed by atoms with van der Waals surface area (Å²) in [6.07, 6.45) is 5.27. The van der Waals surface area contributed by atoms with E-state index >= 15 is 0 Å². The van der Waals surface area contributed by atoms with E-state index in [0.29, 0.717) is 16.9 Å². The third kappa shape index (κ3) is 3.77. The van der Waals surface area contributed by atoms with Gasteiger partial charge in [0, 0.05) is 19.0 Å². The molecule has 0 fully saturated rings. The van der Waals surface area contributed by atoms with Crippen molar-refractivity contribution in [2.75, 3.05) is 5.32 Å². The fourth-order valence-corrected chi connectivity index (χ4v) is 2.80. The number of nitrogens with one attached hydrogen (secondary N) is 1. The summed E-state index contributed by atoms with van der Waals surface area (Å²) < 4.78 is 6.38. The van der Waals surface area contributed by atoms with E-state index < -0.39 is 0 Å². The van der Waals surface area contributed by atoms with Crippen molar-refractivity contribution in [3.8, 4) is 0 Å². The lowest BCUT2D eigenvalue weighted by Gasteiger charge is -1.96. The second-order valence-corrected chi connectivity index (χ2v) is 6.38. The molecule has 0 saturated heterocycles. The SMILES string of the molecule is CC(=O)Nc1ncc(C=C(Br)c2ncc(C(C)C)o2)s1. The van der Waals surface area contributed by atoms with Gasteiger partial charge in [-0.3, -0.25) is 4.79 Å². The lowest BCUT2D eigenvalue weighted by molar-refractivity contribution is -0.114. The van der Waals surface area contributed by atoms with Gasteiger partial charge in [0.2, 0.25) is 11.8 Å². The second-order valence-electron chi connectivity index (χ2n) is 4.46. The van der Waals surface area contributed by atoms with Gasteiger partial charge in [-0.15, -0.1) is 0 Å². The number of amides is 1. The Balaban J connectivity index is 2.16. The molecule has 2 rings (SSSR count). The molecule has 5 nitrogen and oxygen atoms in total. The fourth-order valence-electron chi connectivity index (χ4n) is 1.41. The number of nitrogens with zero attached hydrogens (tertiary/aromatic N) is 2. The van der Waals surface area contributed by atoms with Crippen LogP contribution in [0.4, 0.5) is 5.13 Å². The number of hydrogen-bond acceptors (Lipinski definition) is 5. The number of anilines is 1. The molecule has 0 atom stereocenters. The molecule has 2 aromatic heterocycles. The fraction of sp³-hybridized carbons (Fsp3) is 0.308. The molecule has 0 aliphatic rings. The summed E-state index contributed by atoms with van der Waals surface area (Å²) in [4.78, 5) is 20.2. The van der Waals surface area contributed by atoms with Crippen LogP contribution in [0.3, 0.4) is 0 Å². The van der Waals surface area contributed by atoms with Crippen LogP contribution in [0.15, 0.2) is 16.8 Å². The maximum Gasteiger partial charge on any atom is 0.233 e. The highest BCUT2D eigenvalue weighted by Gasteiger charge is 2.10. The first-order valence-electron chi connectivity index (χ1n) is 6.02. The number of halogens is 1. The number of carbonyl (C=O) groups is 1. The maximum absolute atomic E-state index is 10.9. The van der Waals surface area contributed by atoms with Gasteiger partial charge in [-0.2, -0.15) is 0 Å². The molecule has 0 spiro atoms. The molecule has 0 aliphatic carbocycles. The summed E-state index contributed by atoms with van der Waals surface area (Å²) in [5.74, 6) is 1.53. The van der Waals surface area contributed by atoms with Crippen LogP contribution in [-0.4, -0.2) is 15.9 Å². The van der Waals surface area contributed by atoms with E-state index in [9.17, 15) is 4.79 Å². The molecular weight excluding hydrogens is 342 g/mol. The normalized spacial score (nSPS) is 11.9. The predicted molar refractivity (Wildman–Crippen MR) is 83.8 cm³/mol. The van der Waals surface area contributed by atoms with Crippen LogP contribution in [0, 0.1) is 0 Å². The molecule has 7 heteroatoms. The summed E-state index contributed by atoms with van der Waals surface area (Å²) >= 11 is 4.82. The van der Waals surface area contributed by atoms with Crippen molar-refractivity contribution < 1.29 is 9.21 Å². The zero-order valence-electron chi connectivity index (χ0n) is 11.3. The topological polar surface area (TPSA) is 68.0 Å². The van der Waals surface area contributed by atoms with Crippen molar-refractivity contribution in [3.05, 3.63) is 28.9 Å². The maximum atomic E-state index is 10.9. The van der Waals surface area contributed by atoms with E-state index in [0.717, 1.165) is 15.1 Å². The van der Waals surface area contributed by atoms with Gasteiger partial charge in [-0.05, 0) is 22.0 Å². The number of oxazole rings is 1. The second kappa shape index (κ2) is 6.32. The highest BCUT2D eigenvalue weighted by Crippen LogP contribution is 2.29. The molecular formula is C13H14BrN3O2S. The largest absolute Gasteiger partial charge is 0.440 e. The van der Waals surface area contributed by atoms with Gasteiger partial charge in [-0.1, -0.05) is 25.2 Å². The molecule has 2 aromatic rings. The van der Waals surface area contributed by atoms with Crippen molar-refractivity contribution >= 4 is 48.9 Å². The van der Waals surface area contributed by atoms with Crippen molar-refractivity contribution in [1.82, 2.24) is 9.97 Å². The molecule has 20 heavy (non-hydrogen) atoms. The van der Waals surface area contributed by atoms with Gasteiger partial charge in [0.1, 0.15) is 5.76 Å². The van der Waals surface area contributed by atoms with Crippen LogP contribution < -0.4 is 5.32 Å². The smallest absolute Gasteiger partial charge is 0.233 e. The molecule has 0 aliphatic heterocycles. The zero-order valence-corrected chi connectivity index (χ0v) is 13.7. The number of hydrogen-bond donors (Lipinski definition) is 1. The Morgan fingerprint density at radius 3 is 2.80 bits per heavy atom. The molecule has 0 bridgehead atoms. The first-order chi connectivity index (χ1) is 9.45. The molecule has 0 radical (unpaired) electrons. The Hall–Kier alpha value is -1.47. The van der Waals surface area contributed by atoms with Crippen LogP contribution in [-0.2, 0) is 4.79 Å². The number of thiazole rings is 1. The summed E-state index contributed by atoms with van der Waals surface area (Å²) in [6.45, 7) is 5.54. The number of carbonyl (C=O) groups excluding carboxylic acids is 1. The van der Waals surface area contributed by atoms with E-state index in [1.165, 1.54) is 18.3 Å². The van der Waals surface area contributed by atoms with Crippen LogP contribution >= 0.6 is 27.3 Å². The van der Waals surface area contributed by atoms with Crippen molar-refractivity contribution in [2.24, 2.45) is 0 Å². The molecule has 1 N–H and O–H groups in total. The average Bonchev–Trinajstić information content (AvgIpc) is 2.97. The Labute approximate surface area is 129 Å². The minimum Gasteiger partial charge on any atom is -0.440 e. The molecule has 106 valence electrons. The Morgan fingerprint density at radius 2 is 2.20 bits per heavy atom. The molecule has 2 heterocycles. The van der Waals surface area contributed by atoms with Crippen molar-refractivity contribution in [1.29, 1.82) is 0 Å². The van der Waals surface area contributed by atoms with Gasteiger partial charge >= 0.3 is 0 Å². The predicted octanol–water partition coefficient (Wildman–Crippen LogP) is 4.11. The number of aromatic nitrogens is 2. The van der Waals surface area contributed by atoms with Crippen molar-refractivity contribution in [2.45, 2.75) is 26.7 Å². The van der Waals surface area contributed by atoms with Crippen molar-refractivity contribution in [3.63, 3.8) is 0 Å². The summed E-state index contributed by atoms with van der Waals surface area (Å²) in [6, 6.07) is 0. The monoisotopic (exact) mass is 355 g/mol. The summed E-state index contributed by atoms with van der Waals surface area (Å²) in [5.41, 5.74) is 0. The Bertz CT molecular complexity index is 646. The van der Waals surface area contributed by atoms with E-state index in [1.54, 1.807) is 12.4 Å². The van der Waals surface area contributed by atoms with Gasteiger partial charge in [-0.25, -0.2) is 9.97 Å². The summed E-state index contributed by atoms with van der Waals surface area (Å²) in [5, 5.41) is 3.21. The molecule has 1 amide bonds. The van der Waals surface area contributed by atoms with Crippen LogP contribution in [0.1, 0.15) is 43.2 Å². The van der Waals surface area contributed by atoms with E-state index in [2.05, 4.69) is 31.2 Å². The highest BCUT2D eigenvalue weighted by atomic mass is 79.9. The van der Waals surface area contributed by atoms with Gasteiger partial charge in [0.05, 0.1) is 15.6 Å². The first kappa shape index (κ1) is 14.9. The molecule has 0 aromatic carbocycles. The lowest BCUT2D eigenvalue weighted by Crippen LogP contribution is -2.04. The minimum atomic E-state index is -0.136. The Kier molecular flexibility index (Phi) is 4.72. The highest BCUT2D eigenvalue weighted by molar-refractivity contribution is 9.15. The lowest BCUT2D eigenvalue weighted by atomic mass is 10.2. The minimum absolute atomic E-state index is 0.136. The molecule has 0 unspecified atom stereocenters. The van der Waals surface area contributed by atoms with Gasteiger partial charge in [0.15, 0.2) is 5.13 Å². The standard InChI is InChI=1S/C13H14BrN3O2S/c1-7(2)11-6-15-12(19-11)10(14)4-9-5-16-13(20-9)17-8(3)18/h4-7H,1-3H3,(H,16,17,18). The van der Waals surface area contributed by atoms with E-state index in [1.807, 2.05) is 19.9 Å². The third-order valence-corrected chi connectivity index (χ3v) is 3.80. The van der Waals surface area contributed by atoms with Gasteiger partial charge < -0.3 is 9.73 Å².